The van der Waals surface area contributed by atoms with Gasteiger partial charge in [0, 0.05) is 0 Å². The first-order valence-electron chi connectivity index (χ1n) is 15.7. The molecule has 0 radical (unpaired) electrons. The van der Waals surface area contributed by atoms with Crippen LogP contribution >= 0.6 is 0 Å². The van der Waals surface area contributed by atoms with Gasteiger partial charge in [-0.15, -0.1) is 0 Å². The summed E-state index contributed by atoms with van der Waals surface area (Å²) in [5, 5.41) is 21.9. The van der Waals surface area contributed by atoms with Crippen molar-refractivity contribution in [1.82, 2.24) is 0 Å². The molecule has 8 aliphatic carbocycles. The maximum absolute atomic E-state index is 9.55. The lowest BCUT2D eigenvalue weighted by atomic mass is 9.46. The number of aliphatic hydroxyl groups is 2. The first kappa shape index (κ1) is 24.1. The molecule has 2 aromatic rings. The van der Waals surface area contributed by atoms with Gasteiger partial charge in [-0.05, 0) is 157 Å². The van der Waals surface area contributed by atoms with E-state index in [0.29, 0.717) is 22.3 Å². The Morgan fingerprint density at radius 2 is 0.868 bits per heavy atom. The third-order valence-electron chi connectivity index (χ3n) is 12.0. The molecular weight excluding hydrogens is 472 g/mol. The molecule has 2 N–H and O–H groups in total. The first-order chi connectivity index (χ1) is 18.6. The van der Waals surface area contributed by atoms with E-state index >= 15 is 0 Å². The van der Waals surface area contributed by atoms with Crippen molar-refractivity contribution in [3.8, 4) is 11.5 Å². The summed E-state index contributed by atoms with van der Waals surface area (Å²) in [5.74, 6) is 6.83. The Kier molecular flexibility index (Phi) is 5.61. The van der Waals surface area contributed by atoms with Crippen LogP contribution in [0.5, 0.6) is 11.5 Å². The number of hydrogen-bond acceptors (Lipinski definition) is 4. The summed E-state index contributed by atoms with van der Waals surface area (Å²) >= 11 is 0. The highest BCUT2D eigenvalue weighted by atomic mass is 16.5. The second kappa shape index (κ2) is 8.86. The topological polar surface area (TPSA) is 58.9 Å². The molecule has 8 saturated carbocycles. The van der Waals surface area contributed by atoms with Crippen LogP contribution in [0.2, 0.25) is 0 Å². The summed E-state index contributed by atoms with van der Waals surface area (Å²) in [4.78, 5) is 0. The molecule has 38 heavy (non-hydrogen) atoms. The van der Waals surface area contributed by atoms with Crippen molar-refractivity contribution in [1.29, 1.82) is 0 Å². The minimum atomic E-state index is -0.0212. The van der Waals surface area contributed by atoms with Gasteiger partial charge in [0.2, 0.25) is 0 Å². The number of hydrogen-bond donors (Lipinski definition) is 2. The van der Waals surface area contributed by atoms with Crippen molar-refractivity contribution < 1.29 is 19.7 Å². The molecule has 0 heterocycles. The van der Waals surface area contributed by atoms with Crippen LogP contribution in [-0.4, -0.2) is 36.6 Å². The van der Waals surface area contributed by atoms with E-state index in [0.717, 1.165) is 35.5 Å². The molecular formula is C34H44O4. The lowest BCUT2D eigenvalue weighted by Gasteiger charge is -2.58. The SMILES string of the molecule is OCCOc1cc2c(C34CC5CC(CC(C5)C3)C4)ccc(C34CC5CC(CC(C5)C3)C4)c2cc1OCCO. The number of ether oxygens (including phenoxy) is 2. The zero-order valence-electron chi connectivity index (χ0n) is 22.8. The predicted octanol–water partition coefficient (Wildman–Crippen LogP) is 6.52. The average Bonchev–Trinajstić information content (AvgIpc) is 2.88. The molecule has 0 amide bonds. The highest BCUT2D eigenvalue weighted by molar-refractivity contribution is 5.93. The summed E-state index contributed by atoms with van der Waals surface area (Å²) in [6.45, 7) is 0.462. The van der Waals surface area contributed by atoms with E-state index in [1.54, 1.807) is 11.1 Å². The molecule has 204 valence electrons. The maximum atomic E-state index is 9.55. The van der Waals surface area contributed by atoms with Crippen LogP contribution in [0.3, 0.4) is 0 Å². The van der Waals surface area contributed by atoms with E-state index in [1.165, 1.54) is 87.8 Å². The fraction of sp³-hybridized carbons (Fsp3) is 0.706. The van der Waals surface area contributed by atoms with E-state index in [2.05, 4.69) is 24.3 Å². The molecule has 10 rings (SSSR count). The fourth-order valence-corrected chi connectivity index (χ4v) is 11.7. The van der Waals surface area contributed by atoms with Crippen LogP contribution in [-0.2, 0) is 10.8 Å². The van der Waals surface area contributed by atoms with Gasteiger partial charge in [-0.25, -0.2) is 0 Å². The standard InChI is InChI=1S/C34H44O4/c35-3-5-37-31-13-27-28(14-32(31)38-6-4-36)30(34-18-24-10-25(19-34)12-26(11-24)20-34)2-1-29(27)33-15-21-7-22(16-33)9-23(8-21)17-33/h1-2,13-14,21-26,35-36H,3-12,15-20H2. The molecule has 0 unspecified atom stereocenters. The van der Waals surface area contributed by atoms with Gasteiger partial charge in [-0.3, -0.25) is 0 Å². The molecule has 0 spiro atoms. The van der Waals surface area contributed by atoms with E-state index in [4.69, 9.17) is 9.47 Å². The molecule has 8 fully saturated rings. The molecule has 4 nitrogen and oxygen atoms in total. The molecule has 8 bridgehead atoms. The predicted molar refractivity (Wildman–Crippen MR) is 149 cm³/mol. The Balaban J connectivity index is 1.32. The molecule has 0 aromatic heterocycles. The largest absolute Gasteiger partial charge is 0.487 e. The Morgan fingerprint density at radius 1 is 0.553 bits per heavy atom. The number of benzene rings is 2. The van der Waals surface area contributed by atoms with Crippen molar-refractivity contribution in [3.05, 3.63) is 35.4 Å². The summed E-state index contributed by atoms with van der Waals surface area (Å²) in [7, 11) is 0. The summed E-state index contributed by atoms with van der Waals surface area (Å²) in [6.07, 6.45) is 16.8. The summed E-state index contributed by atoms with van der Waals surface area (Å²) < 4.78 is 12.2. The second-order valence-electron chi connectivity index (χ2n) is 14.5. The molecule has 8 aliphatic rings. The minimum Gasteiger partial charge on any atom is -0.487 e. The molecule has 4 heteroatoms. The van der Waals surface area contributed by atoms with E-state index in [1.807, 2.05) is 0 Å². The van der Waals surface area contributed by atoms with E-state index < -0.39 is 0 Å². The summed E-state index contributed by atoms with van der Waals surface area (Å²) in [6, 6.07) is 9.65. The Hall–Kier alpha value is -1.78. The third kappa shape index (κ3) is 3.69. The van der Waals surface area contributed by atoms with Gasteiger partial charge in [0.05, 0.1) is 13.2 Å². The van der Waals surface area contributed by atoms with Gasteiger partial charge in [0.1, 0.15) is 13.2 Å². The zero-order chi connectivity index (χ0) is 25.5. The van der Waals surface area contributed by atoms with Crippen LogP contribution in [0, 0.1) is 35.5 Å². The van der Waals surface area contributed by atoms with Gasteiger partial charge < -0.3 is 19.7 Å². The number of aliphatic hydroxyl groups excluding tert-OH is 2. The van der Waals surface area contributed by atoms with Gasteiger partial charge in [-0.1, -0.05) is 12.1 Å². The first-order valence-corrected chi connectivity index (χ1v) is 15.7. The minimum absolute atomic E-state index is 0.0212. The quantitative estimate of drug-likeness (QED) is 0.420. The summed E-state index contributed by atoms with van der Waals surface area (Å²) in [5.41, 5.74) is 3.72. The lowest BCUT2D eigenvalue weighted by molar-refractivity contribution is -0.00590. The number of fused-ring (bicyclic) bond motifs is 1. The average molecular weight is 517 g/mol. The second-order valence-corrected chi connectivity index (χ2v) is 14.5. The zero-order valence-corrected chi connectivity index (χ0v) is 22.8. The highest BCUT2D eigenvalue weighted by Crippen LogP contribution is 2.64. The van der Waals surface area contributed by atoms with Crippen molar-refractivity contribution in [2.24, 2.45) is 35.5 Å². The fourth-order valence-electron chi connectivity index (χ4n) is 11.7. The van der Waals surface area contributed by atoms with Crippen LogP contribution in [0.15, 0.2) is 24.3 Å². The van der Waals surface area contributed by atoms with Crippen LogP contribution in [0.1, 0.15) is 88.2 Å². The number of rotatable bonds is 8. The maximum Gasteiger partial charge on any atom is 0.161 e. The highest BCUT2D eigenvalue weighted by Gasteiger charge is 2.54. The third-order valence-corrected chi connectivity index (χ3v) is 12.0. The van der Waals surface area contributed by atoms with E-state index in [9.17, 15) is 10.2 Å². The molecule has 0 atom stereocenters. The van der Waals surface area contributed by atoms with Crippen LogP contribution < -0.4 is 9.47 Å². The Labute approximate surface area is 227 Å². The smallest absolute Gasteiger partial charge is 0.161 e. The van der Waals surface area contributed by atoms with Crippen molar-refractivity contribution in [2.75, 3.05) is 26.4 Å². The van der Waals surface area contributed by atoms with Gasteiger partial charge in [-0.2, -0.15) is 0 Å². The van der Waals surface area contributed by atoms with Crippen molar-refractivity contribution in [3.63, 3.8) is 0 Å². The molecule has 0 saturated heterocycles. The van der Waals surface area contributed by atoms with Crippen LogP contribution in [0.25, 0.3) is 10.8 Å². The van der Waals surface area contributed by atoms with E-state index in [-0.39, 0.29) is 26.4 Å². The van der Waals surface area contributed by atoms with Gasteiger partial charge in [0.25, 0.3) is 0 Å². The van der Waals surface area contributed by atoms with Crippen LogP contribution in [0.4, 0.5) is 0 Å². The van der Waals surface area contributed by atoms with Gasteiger partial charge in [0.15, 0.2) is 11.5 Å². The normalized spacial score (nSPS) is 40.3. The van der Waals surface area contributed by atoms with Crippen molar-refractivity contribution >= 4 is 10.8 Å². The lowest BCUT2D eigenvalue weighted by Crippen LogP contribution is -2.49. The molecule has 0 aliphatic heterocycles. The molecule has 2 aromatic carbocycles. The Morgan fingerprint density at radius 3 is 1.16 bits per heavy atom. The van der Waals surface area contributed by atoms with Crippen molar-refractivity contribution in [2.45, 2.75) is 87.9 Å². The Bertz CT molecular complexity index is 1070. The van der Waals surface area contributed by atoms with Gasteiger partial charge >= 0.3 is 0 Å². The monoisotopic (exact) mass is 516 g/mol.